The molecule has 14 nitrogen and oxygen atoms in total. The maximum Gasteiger partial charge on any atom is 0.316 e. The second-order valence-electron chi connectivity index (χ2n) is 19.9. The minimum absolute atomic E-state index is 0.00577. The van der Waals surface area contributed by atoms with Gasteiger partial charge in [0.1, 0.15) is 42.0 Å². The third-order valence-corrected chi connectivity index (χ3v) is 15.7. The summed E-state index contributed by atoms with van der Waals surface area (Å²) in [5, 5.41) is 46.7. The number of aliphatic hydroxyl groups is 4. The average Bonchev–Trinajstić information content (AvgIpc) is 3.60. The van der Waals surface area contributed by atoms with Gasteiger partial charge in [0.25, 0.3) is 0 Å². The summed E-state index contributed by atoms with van der Waals surface area (Å²) in [5.74, 6) is -2.76. The number of hydrogen-bond donors (Lipinski definition) is 4. The topological polar surface area (TPSA) is 181 Å². The molecular weight excluding hydrogens is 813 g/mol. The molecule has 3 unspecified atom stereocenters. The molecule has 14 heteroatoms. The van der Waals surface area contributed by atoms with Crippen molar-refractivity contribution in [2.75, 3.05) is 20.8 Å². The van der Waals surface area contributed by atoms with Crippen molar-refractivity contribution < 1.29 is 67.9 Å². The van der Waals surface area contributed by atoms with Crippen LogP contribution >= 0.6 is 0 Å². The van der Waals surface area contributed by atoms with Crippen molar-refractivity contribution in [3.05, 3.63) is 47.1 Å². The van der Waals surface area contributed by atoms with Gasteiger partial charge in [-0.15, -0.1) is 0 Å². The Balaban J connectivity index is 1.21. The first-order chi connectivity index (χ1) is 29.9. The quantitative estimate of drug-likeness (QED) is 0.193. The molecule has 63 heavy (non-hydrogen) atoms. The van der Waals surface area contributed by atoms with Gasteiger partial charge >= 0.3 is 5.97 Å². The van der Waals surface area contributed by atoms with Crippen LogP contribution in [0, 0.1) is 29.6 Å². The van der Waals surface area contributed by atoms with E-state index in [0.717, 1.165) is 18.4 Å². The van der Waals surface area contributed by atoms with E-state index < -0.39 is 96.7 Å². The van der Waals surface area contributed by atoms with Gasteiger partial charge in [-0.3, -0.25) is 4.79 Å². The molecule has 1 spiro atoms. The van der Waals surface area contributed by atoms with Crippen LogP contribution in [0.1, 0.15) is 107 Å². The second kappa shape index (κ2) is 20.0. The standard InChI is InChI=1S/C49H76O14/c1-11-25(2)44-27(4)17-18-48(63-44)23-34-20-33(62-48)16-15-26(3)41(50)29(6)35(14-12-13-32-24-57-46-42(51)28(5)19-36(47(53)60-34)49(32,46)54)37-21-39(56-10)45(31(8)58-37)61-40-22-38(55-9)43(52)30(7)59-40/h12-15,19,25,27,29-31,33-46,50-52,54H,11,16-18,20-24H2,1-10H3/b14-12+,26-15-,32-13+/t25-,27-,29-,30-,31-,33+,34?,35?,36-,37?,38-,39-,40+,41+,42+,43-,44+,45-,46+,48+,49+/m0/s1. The summed E-state index contributed by atoms with van der Waals surface area (Å²) in [7, 11) is 3.21. The van der Waals surface area contributed by atoms with E-state index in [4.69, 9.17) is 42.6 Å². The molecule has 4 N–H and O–H groups in total. The summed E-state index contributed by atoms with van der Waals surface area (Å²) in [4.78, 5) is 14.5. The summed E-state index contributed by atoms with van der Waals surface area (Å²) < 4.78 is 57.4. The fourth-order valence-electron chi connectivity index (χ4n) is 11.5. The molecule has 0 aromatic rings. The van der Waals surface area contributed by atoms with Crippen LogP contribution < -0.4 is 0 Å². The number of allylic oxidation sites excluding steroid dienone is 2. The first-order valence-corrected chi connectivity index (χ1v) is 23.6. The summed E-state index contributed by atoms with van der Waals surface area (Å²) in [6.07, 6.45) is 5.61. The van der Waals surface area contributed by atoms with Crippen molar-refractivity contribution in [2.24, 2.45) is 29.6 Å². The van der Waals surface area contributed by atoms with Crippen LogP contribution in [0.3, 0.4) is 0 Å². The van der Waals surface area contributed by atoms with Crippen molar-refractivity contribution in [3.8, 4) is 0 Å². The predicted molar refractivity (Wildman–Crippen MR) is 232 cm³/mol. The van der Waals surface area contributed by atoms with Gasteiger partial charge in [-0.2, -0.15) is 0 Å². The molecule has 2 bridgehead atoms. The highest BCUT2D eigenvalue weighted by Gasteiger charge is 2.60. The Labute approximate surface area is 374 Å². The number of ether oxygens (including phenoxy) is 9. The summed E-state index contributed by atoms with van der Waals surface area (Å²) in [6, 6.07) is 0. The van der Waals surface area contributed by atoms with Gasteiger partial charge in [0.15, 0.2) is 12.1 Å². The van der Waals surface area contributed by atoms with Gasteiger partial charge < -0.3 is 63.1 Å². The van der Waals surface area contributed by atoms with Crippen molar-refractivity contribution in [3.63, 3.8) is 0 Å². The molecule has 0 aromatic carbocycles. The van der Waals surface area contributed by atoms with Crippen molar-refractivity contribution in [2.45, 2.75) is 204 Å². The number of carbonyl (C=O) groups is 1. The van der Waals surface area contributed by atoms with Crippen LogP contribution in [0.25, 0.3) is 0 Å². The molecule has 5 fully saturated rings. The van der Waals surface area contributed by atoms with Crippen LogP contribution in [0.2, 0.25) is 0 Å². The van der Waals surface area contributed by atoms with Crippen LogP contribution in [0.15, 0.2) is 47.1 Å². The lowest BCUT2D eigenvalue weighted by Crippen LogP contribution is -2.58. The monoisotopic (exact) mass is 889 g/mol. The molecule has 7 rings (SSSR count). The lowest BCUT2D eigenvalue weighted by Gasteiger charge is -2.51. The number of fused-ring (bicyclic) bond motifs is 2. The number of carbonyl (C=O) groups excluding carboxylic acids is 1. The van der Waals surface area contributed by atoms with Gasteiger partial charge in [0.2, 0.25) is 0 Å². The molecule has 0 radical (unpaired) electrons. The van der Waals surface area contributed by atoms with E-state index in [1.54, 1.807) is 40.2 Å². The lowest BCUT2D eigenvalue weighted by molar-refractivity contribution is -0.340. The third kappa shape index (κ3) is 9.85. The first kappa shape index (κ1) is 48.9. The predicted octanol–water partition coefficient (Wildman–Crippen LogP) is 5.24. The molecule has 0 amide bonds. The fraction of sp³-hybridized carbons (Fsp3) is 0.816. The SMILES string of the molecule is CC[C@H](C)[C@H]1O[C@]2(CC[C@@H]1C)CC1C[C@@H](C/C=C(/C)[C@@H](O)[C@@H](C)C(C3C[C@H](OC)[C@@H](O[C@@H]4C[C@H](OC)[C@@H](O)[C@H](C)O4)[C@H](C)O3)/C=C/C=C3\CO[C@@H]4[C@H](O)C(C)=C[C@@H](C(=O)O1)[C@]34O)O2. The molecule has 21 atom stereocenters. The summed E-state index contributed by atoms with van der Waals surface area (Å²) >= 11 is 0. The molecule has 356 valence electrons. The van der Waals surface area contributed by atoms with E-state index in [-0.39, 0.29) is 30.7 Å². The van der Waals surface area contributed by atoms with Crippen LogP contribution in [-0.2, 0) is 47.4 Å². The van der Waals surface area contributed by atoms with Crippen LogP contribution in [-0.4, -0.2) is 144 Å². The van der Waals surface area contributed by atoms with E-state index in [0.29, 0.717) is 61.5 Å². The molecule has 5 saturated heterocycles. The highest BCUT2D eigenvalue weighted by atomic mass is 16.7. The Kier molecular flexibility index (Phi) is 15.5. The average molecular weight is 889 g/mol. The molecule has 0 aromatic heterocycles. The van der Waals surface area contributed by atoms with E-state index >= 15 is 0 Å². The highest BCUT2D eigenvalue weighted by Crippen LogP contribution is 2.48. The van der Waals surface area contributed by atoms with Crippen LogP contribution in [0.5, 0.6) is 0 Å². The summed E-state index contributed by atoms with van der Waals surface area (Å²) in [6.45, 7) is 16.0. The summed E-state index contributed by atoms with van der Waals surface area (Å²) in [5.41, 5.74) is -0.138. The molecule has 0 saturated carbocycles. The Hall–Kier alpha value is -2.05. The third-order valence-electron chi connectivity index (χ3n) is 15.7. The normalized spacial score (nSPS) is 50.2. The van der Waals surface area contributed by atoms with Gasteiger partial charge in [-0.25, -0.2) is 0 Å². The van der Waals surface area contributed by atoms with Gasteiger partial charge in [-0.1, -0.05) is 64.5 Å². The smallest absolute Gasteiger partial charge is 0.316 e. The Morgan fingerprint density at radius 2 is 1.67 bits per heavy atom. The molecule has 1 aliphatic carbocycles. The minimum atomic E-state index is -1.88. The zero-order valence-corrected chi connectivity index (χ0v) is 39.1. The zero-order valence-electron chi connectivity index (χ0n) is 39.1. The molecule has 6 aliphatic heterocycles. The first-order valence-electron chi connectivity index (χ1n) is 23.6. The molecule has 6 heterocycles. The second-order valence-corrected chi connectivity index (χ2v) is 19.9. The number of methoxy groups -OCH3 is 2. The lowest BCUT2D eigenvalue weighted by atomic mass is 9.71. The number of hydrogen-bond acceptors (Lipinski definition) is 14. The van der Waals surface area contributed by atoms with E-state index in [2.05, 4.69) is 20.8 Å². The molecule has 7 aliphatic rings. The van der Waals surface area contributed by atoms with Crippen LogP contribution in [0.4, 0.5) is 0 Å². The van der Waals surface area contributed by atoms with Crippen molar-refractivity contribution in [1.29, 1.82) is 0 Å². The Bertz CT molecular complexity index is 1710. The molecular formula is C49H76O14. The number of rotatable bonds is 7. The fourth-order valence-corrected chi connectivity index (χ4v) is 11.5. The van der Waals surface area contributed by atoms with Gasteiger partial charge in [-0.05, 0) is 75.0 Å². The van der Waals surface area contributed by atoms with E-state index in [1.807, 2.05) is 39.0 Å². The minimum Gasteiger partial charge on any atom is -0.462 e. The maximum atomic E-state index is 14.5. The van der Waals surface area contributed by atoms with Crippen molar-refractivity contribution in [1.82, 2.24) is 0 Å². The van der Waals surface area contributed by atoms with Gasteiger partial charge in [0, 0.05) is 52.2 Å². The Morgan fingerprint density at radius 3 is 2.38 bits per heavy atom. The van der Waals surface area contributed by atoms with E-state index in [9.17, 15) is 25.2 Å². The van der Waals surface area contributed by atoms with Crippen molar-refractivity contribution >= 4 is 5.97 Å². The largest absolute Gasteiger partial charge is 0.462 e. The van der Waals surface area contributed by atoms with Gasteiger partial charge in [0.05, 0.1) is 55.4 Å². The highest BCUT2D eigenvalue weighted by molar-refractivity contribution is 5.78. The van der Waals surface area contributed by atoms with E-state index in [1.165, 1.54) is 0 Å². The Morgan fingerprint density at radius 1 is 0.921 bits per heavy atom. The zero-order chi connectivity index (χ0) is 45.5. The maximum absolute atomic E-state index is 14.5. The number of aliphatic hydroxyl groups excluding tert-OH is 3. The number of esters is 1.